The van der Waals surface area contributed by atoms with Crippen LogP contribution < -0.4 is 14.9 Å². The van der Waals surface area contributed by atoms with Gasteiger partial charge in [-0.05, 0) is 25.0 Å². The molecule has 3 aromatic heterocycles. The Hall–Kier alpha value is -2.05. The Labute approximate surface area is 215 Å². The van der Waals surface area contributed by atoms with E-state index in [-0.39, 0.29) is 29.4 Å². The van der Waals surface area contributed by atoms with Gasteiger partial charge >= 0.3 is 0 Å². The van der Waals surface area contributed by atoms with Crippen LogP contribution in [0.15, 0.2) is 23.1 Å². The minimum Gasteiger partial charge on any atom is -0.488 e. The standard InChI is InChI=1S/C20H22N4O4S.C3H8.HI/c1-12-22-23-20(29-12)14-11-24-6-5-13-9-17(28-8-4-7-26-2)19(27-3)21-18(13)15(24)10-16(14)25;1-3-2;/h9-11H,4-8H2,1-3H3;3H2,1-2H3;1H. The molecule has 4 heterocycles. The lowest BCUT2D eigenvalue weighted by Gasteiger charge is -2.23. The fourth-order valence-electron chi connectivity index (χ4n) is 3.33. The maximum Gasteiger partial charge on any atom is 0.257 e. The van der Waals surface area contributed by atoms with Crippen molar-refractivity contribution in [3.8, 4) is 33.6 Å². The molecule has 180 valence electrons. The molecule has 10 heteroatoms. The second-order valence-corrected chi connectivity index (χ2v) is 8.59. The lowest BCUT2D eigenvalue weighted by Crippen LogP contribution is -2.19. The summed E-state index contributed by atoms with van der Waals surface area (Å²) in [6, 6.07) is 3.58. The van der Waals surface area contributed by atoms with E-state index in [2.05, 4.69) is 29.0 Å². The number of hydrogen-bond acceptors (Lipinski definition) is 8. The fourth-order valence-corrected chi connectivity index (χ4v) is 4.04. The molecule has 4 rings (SSSR count). The molecule has 0 fully saturated rings. The zero-order valence-corrected chi connectivity index (χ0v) is 22.9. The molecule has 3 aromatic rings. The van der Waals surface area contributed by atoms with Crippen LogP contribution in [0.25, 0.3) is 22.0 Å². The highest BCUT2D eigenvalue weighted by atomic mass is 127. The Kier molecular flexibility index (Phi) is 10.7. The van der Waals surface area contributed by atoms with Crippen molar-refractivity contribution < 1.29 is 14.2 Å². The largest absolute Gasteiger partial charge is 0.488 e. The average Bonchev–Trinajstić information content (AvgIpc) is 3.22. The van der Waals surface area contributed by atoms with Crippen molar-refractivity contribution in [1.29, 1.82) is 0 Å². The smallest absolute Gasteiger partial charge is 0.257 e. The number of ether oxygens (including phenoxy) is 3. The third kappa shape index (κ3) is 6.51. The lowest BCUT2D eigenvalue weighted by atomic mass is 10.0. The number of halogens is 1. The van der Waals surface area contributed by atoms with Gasteiger partial charge in [-0.1, -0.05) is 31.6 Å². The number of pyridine rings is 2. The van der Waals surface area contributed by atoms with E-state index in [0.29, 0.717) is 35.4 Å². The van der Waals surface area contributed by atoms with Crippen molar-refractivity contribution >= 4 is 35.3 Å². The molecule has 0 N–H and O–H groups in total. The molecular weight excluding hydrogens is 555 g/mol. The molecule has 33 heavy (non-hydrogen) atoms. The molecule has 0 bridgehead atoms. The highest BCUT2D eigenvalue weighted by Crippen LogP contribution is 2.35. The summed E-state index contributed by atoms with van der Waals surface area (Å²) in [7, 11) is 3.23. The minimum atomic E-state index is -0.0964. The summed E-state index contributed by atoms with van der Waals surface area (Å²) in [5.74, 6) is 1.02. The van der Waals surface area contributed by atoms with E-state index in [9.17, 15) is 4.79 Å². The summed E-state index contributed by atoms with van der Waals surface area (Å²) < 4.78 is 18.4. The van der Waals surface area contributed by atoms with Crippen LogP contribution in [0.1, 0.15) is 37.3 Å². The van der Waals surface area contributed by atoms with E-state index >= 15 is 0 Å². The van der Waals surface area contributed by atoms with Crippen LogP contribution in [0.3, 0.4) is 0 Å². The third-order valence-corrected chi connectivity index (χ3v) is 5.60. The SMILES string of the molecule is CCC.COCCCOc1cc2c(nc1OC)-c1cc(=O)c(-c3nnc(C)s3)cn1CC2.I. The molecule has 0 amide bonds. The van der Waals surface area contributed by atoms with Crippen LogP contribution in [-0.4, -0.2) is 47.2 Å². The highest BCUT2D eigenvalue weighted by molar-refractivity contribution is 14.0. The number of methoxy groups -OCH3 is 2. The van der Waals surface area contributed by atoms with Gasteiger partial charge in [0.25, 0.3) is 5.88 Å². The summed E-state index contributed by atoms with van der Waals surface area (Å²) in [5, 5.41) is 9.60. The predicted octanol–water partition coefficient (Wildman–Crippen LogP) is 4.75. The molecular formula is C23H31IN4O4S. The maximum atomic E-state index is 12.8. The van der Waals surface area contributed by atoms with E-state index < -0.39 is 0 Å². The molecule has 0 aromatic carbocycles. The highest BCUT2D eigenvalue weighted by Gasteiger charge is 2.23. The molecule has 0 saturated heterocycles. The number of fused-ring (bicyclic) bond motifs is 3. The van der Waals surface area contributed by atoms with E-state index in [1.54, 1.807) is 20.3 Å². The number of aromatic nitrogens is 4. The molecule has 0 radical (unpaired) electrons. The van der Waals surface area contributed by atoms with Crippen LogP contribution in [-0.2, 0) is 17.7 Å². The normalized spacial score (nSPS) is 11.4. The summed E-state index contributed by atoms with van der Waals surface area (Å²) in [6.07, 6.45) is 4.66. The van der Waals surface area contributed by atoms with Crippen LogP contribution in [0, 0.1) is 6.92 Å². The van der Waals surface area contributed by atoms with Gasteiger partial charge in [0.05, 0.1) is 30.7 Å². The van der Waals surface area contributed by atoms with Gasteiger partial charge in [0.1, 0.15) is 5.01 Å². The van der Waals surface area contributed by atoms with Crippen molar-refractivity contribution in [2.75, 3.05) is 27.4 Å². The second-order valence-electron chi connectivity index (χ2n) is 7.41. The number of rotatable bonds is 7. The van der Waals surface area contributed by atoms with Gasteiger partial charge in [0, 0.05) is 38.9 Å². The van der Waals surface area contributed by atoms with Gasteiger partial charge in [-0.15, -0.1) is 34.2 Å². The van der Waals surface area contributed by atoms with Gasteiger partial charge in [-0.25, -0.2) is 4.98 Å². The molecule has 0 saturated carbocycles. The van der Waals surface area contributed by atoms with Gasteiger partial charge in [-0.3, -0.25) is 4.79 Å². The zero-order chi connectivity index (χ0) is 23.1. The van der Waals surface area contributed by atoms with Crippen LogP contribution in [0.5, 0.6) is 11.6 Å². The third-order valence-electron chi connectivity index (χ3n) is 4.73. The Morgan fingerprint density at radius 3 is 2.55 bits per heavy atom. The van der Waals surface area contributed by atoms with E-state index in [0.717, 1.165) is 41.3 Å². The van der Waals surface area contributed by atoms with Gasteiger partial charge < -0.3 is 18.8 Å². The minimum absolute atomic E-state index is 0. The first kappa shape index (κ1) is 27.2. The van der Waals surface area contributed by atoms with Crippen LogP contribution in [0.2, 0.25) is 0 Å². The van der Waals surface area contributed by atoms with Gasteiger partial charge in [0.2, 0.25) is 0 Å². The van der Waals surface area contributed by atoms with E-state index in [1.165, 1.54) is 17.8 Å². The first-order valence-electron chi connectivity index (χ1n) is 10.8. The summed E-state index contributed by atoms with van der Waals surface area (Å²) in [6.45, 7) is 8.02. The lowest BCUT2D eigenvalue weighted by molar-refractivity contribution is 0.170. The van der Waals surface area contributed by atoms with Crippen molar-refractivity contribution in [3.05, 3.63) is 39.1 Å². The molecule has 8 nitrogen and oxygen atoms in total. The average molecular weight is 586 g/mol. The monoisotopic (exact) mass is 586 g/mol. The Morgan fingerprint density at radius 2 is 1.91 bits per heavy atom. The fraction of sp³-hybridized carbons (Fsp3) is 0.478. The zero-order valence-electron chi connectivity index (χ0n) is 19.7. The van der Waals surface area contributed by atoms with Crippen molar-refractivity contribution in [2.24, 2.45) is 0 Å². The Balaban J connectivity index is 0.000000914. The quantitative estimate of drug-likeness (QED) is 0.292. The topological polar surface area (TPSA) is 88.4 Å². The Bertz CT molecular complexity index is 1120. The van der Waals surface area contributed by atoms with Gasteiger partial charge in [-0.2, -0.15) is 0 Å². The van der Waals surface area contributed by atoms with Crippen molar-refractivity contribution in [3.63, 3.8) is 0 Å². The van der Waals surface area contributed by atoms with E-state index in [4.69, 9.17) is 14.2 Å². The van der Waals surface area contributed by atoms with Crippen LogP contribution in [0.4, 0.5) is 0 Å². The van der Waals surface area contributed by atoms with E-state index in [1.807, 2.05) is 23.8 Å². The number of nitrogens with zero attached hydrogens (tertiary/aromatic N) is 4. The maximum absolute atomic E-state index is 12.8. The molecule has 0 atom stereocenters. The summed E-state index contributed by atoms with van der Waals surface area (Å²) in [5.41, 5.74) is 3.01. The second kappa shape index (κ2) is 13.0. The molecule has 0 aliphatic carbocycles. The van der Waals surface area contributed by atoms with Crippen molar-refractivity contribution in [1.82, 2.24) is 19.7 Å². The predicted molar refractivity (Wildman–Crippen MR) is 141 cm³/mol. The summed E-state index contributed by atoms with van der Waals surface area (Å²) >= 11 is 1.41. The van der Waals surface area contributed by atoms with Crippen molar-refractivity contribution in [2.45, 2.75) is 46.6 Å². The summed E-state index contributed by atoms with van der Waals surface area (Å²) in [4.78, 5) is 17.4. The molecule has 1 aliphatic heterocycles. The van der Waals surface area contributed by atoms with Crippen LogP contribution >= 0.6 is 35.3 Å². The first-order valence-corrected chi connectivity index (χ1v) is 11.6. The molecule has 0 spiro atoms. The van der Waals surface area contributed by atoms with Gasteiger partial charge in [0.15, 0.2) is 16.2 Å². The first-order chi connectivity index (χ1) is 15.5. The Morgan fingerprint density at radius 1 is 1.15 bits per heavy atom. The number of hydrogen-bond donors (Lipinski definition) is 0. The molecule has 0 unspecified atom stereocenters. The number of aryl methyl sites for hydroxylation is 3. The molecule has 1 aliphatic rings.